The van der Waals surface area contributed by atoms with Crippen LogP contribution in [0.2, 0.25) is 0 Å². The van der Waals surface area contributed by atoms with E-state index < -0.39 is 10.0 Å². The summed E-state index contributed by atoms with van der Waals surface area (Å²) in [6.07, 6.45) is 0. The maximum Gasteiger partial charge on any atom is 0.264 e. The van der Waals surface area contributed by atoms with Crippen molar-refractivity contribution in [1.82, 2.24) is 5.32 Å². The molecule has 0 saturated heterocycles. The van der Waals surface area contributed by atoms with E-state index in [0.29, 0.717) is 18.8 Å². The molecular formula is C24H26N2O4S. The van der Waals surface area contributed by atoms with Gasteiger partial charge in [0.2, 0.25) is 0 Å². The summed E-state index contributed by atoms with van der Waals surface area (Å²) in [7, 11) is -2.30. The van der Waals surface area contributed by atoms with Crippen molar-refractivity contribution in [3.8, 4) is 5.75 Å². The van der Waals surface area contributed by atoms with Gasteiger partial charge in [0.25, 0.3) is 15.9 Å². The third-order valence-corrected chi connectivity index (χ3v) is 6.56. The normalized spacial score (nSPS) is 11.1. The van der Waals surface area contributed by atoms with Crippen molar-refractivity contribution < 1.29 is 17.9 Å². The molecule has 0 spiro atoms. The first-order valence-electron chi connectivity index (χ1n) is 9.97. The molecule has 7 heteroatoms. The fourth-order valence-electron chi connectivity index (χ4n) is 3.11. The van der Waals surface area contributed by atoms with Crippen molar-refractivity contribution in [2.45, 2.75) is 25.3 Å². The molecule has 3 aromatic rings. The Morgan fingerprint density at radius 2 is 1.74 bits per heavy atom. The fourth-order valence-corrected chi connectivity index (χ4v) is 4.35. The van der Waals surface area contributed by atoms with Crippen molar-refractivity contribution in [2.24, 2.45) is 0 Å². The Bertz CT molecular complexity index is 1180. The first-order valence-corrected chi connectivity index (χ1v) is 11.4. The molecule has 0 atom stereocenters. The highest BCUT2D eigenvalue weighted by molar-refractivity contribution is 7.92. The molecule has 1 N–H and O–H groups in total. The first kappa shape index (κ1) is 22.4. The number of rotatable bonds is 8. The van der Waals surface area contributed by atoms with Gasteiger partial charge in [-0.2, -0.15) is 0 Å². The molecule has 0 aliphatic rings. The zero-order valence-corrected chi connectivity index (χ0v) is 18.6. The van der Waals surface area contributed by atoms with Gasteiger partial charge in [0.15, 0.2) is 0 Å². The Balaban J connectivity index is 1.76. The fraction of sp³-hybridized carbons (Fsp3) is 0.208. The number of sulfonamides is 1. The highest BCUT2D eigenvalue weighted by atomic mass is 32.2. The third kappa shape index (κ3) is 5.44. The van der Waals surface area contributed by atoms with Gasteiger partial charge >= 0.3 is 0 Å². The summed E-state index contributed by atoms with van der Waals surface area (Å²) < 4.78 is 32.8. The van der Waals surface area contributed by atoms with E-state index in [9.17, 15) is 13.2 Å². The molecule has 0 radical (unpaired) electrons. The van der Waals surface area contributed by atoms with Crippen molar-refractivity contribution in [3.63, 3.8) is 0 Å². The lowest BCUT2D eigenvalue weighted by Gasteiger charge is -2.20. The Morgan fingerprint density at radius 1 is 1.00 bits per heavy atom. The number of anilines is 1. The SMILES string of the molecule is CCOc1cccc(CNC(=O)c2cccc(S(=O)(=O)N(C)c3cccc(C)c3)c2)c1. The second kappa shape index (κ2) is 9.66. The molecule has 0 fully saturated rings. The van der Waals surface area contributed by atoms with Crippen molar-refractivity contribution >= 4 is 21.6 Å². The summed E-state index contributed by atoms with van der Waals surface area (Å²) in [6.45, 7) is 4.68. The van der Waals surface area contributed by atoms with E-state index in [1.165, 1.54) is 23.5 Å². The molecule has 31 heavy (non-hydrogen) atoms. The monoisotopic (exact) mass is 438 g/mol. The number of hydrogen-bond acceptors (Lipinski definition) is 4. The summed E-state index contributed by atoms with van der Waals surface area (Å²) in [5.41, 5.74) is 2.69. The lowest BCUT2D eigenvalue weighted by molar-refractivity contribution is 0.0950. The minimum absolute atomic E-state index is 0.0579. The van der Waals surface area contributed by atoms with E-state index in [1.807, 2.05) is 44.2 Å². The lowest BCUT2D eigenvalue weighted by atomic mass is 10.2. The van der Waals surface area contributed by atoms with Gasteiger partial charge in [-0.1, -0.05) is 30.3 Å². The molecule has 162 valence electrons. The van der Waals surface area contributed by atoms with Gasteiger partial charge < -0.3 is 10.1 Å². The average Bonchev–Trinajstić information content (AvgIpc) is 2.77. The van der Waals surface area contributed by atoms with Crippen LogP contribution in [0.25, 0.3) is 0 Å². The lowest BCUT2D eigenvalue weighted by Crippen LogP contribution is -2.27. The molecule has 0 aromatic heterocycles. The van der Waals surface area contributed by atoms with Crippen LogP contribution in [0, 0.1) is 6.92 Å². The molecule has 0 aliphatic heterocycles. The predicted octanol–water partition coefficient (Wildman–Crippen LogP) is 4.15. The molecule has 0 unspecified atom stereocenters. The minimum atomic E-state index is -3.81. The van der Waals surface area contributed by atoms with E-state index >= 15 is 0 Å². The molecule has 0 heterocycles. The van der Waals surface area contributed by atoms with Crippen LogP contribution in [0.3, 0.4) is 0 Å². The zero-order valence-electron chi connectivity index (χ0n) is 17.8. The van der Waals surface area contributed by atoms with Crippen LogP contribution in [-0.4, -0.2) is 28.0 Å². The highest BCUT2D eigenvalue weighted by Crippen LogP contribution is 2.23. The number of ether oxygens (including phenoxy) is 1. The summed E-state index contributed by atoms with van der Waals surface area (Å²) in [5.74, 6) is 0.388. The van der Waals surface area contributed by atoms with E-state index in [-0.39, 0.29) is 16.4 Å². The van der Waals surface area contributed by atoms with Gasteiger partial charge in [0.05, 0.1) is 17.2 Å². The predicted molar refractivity (Wildman–Crippen MR) is 122 cm³/mol. The first-order chi connectivity index (χ1) is 14.8. The van der Waals surface area contributed by atoms with E-state index in [1.54, 1.807) is 30.3 Å². The Kier molecular flexibility index (Phi) is 6.97. The van der Waals surface area contributed by atoms with Crippen LogP contribution < -0.4 is 14.4 Å². The Hall–Kier alpha value is -3.32. The summed E-state index contributed by atoms with van der Waals surface area (Å²) in [6, 6.07) is 20.8. The topological polar surface area (TPSA) is 75.7 Å². The number of carbonyl (C=O) groups is 1. The maximum atomic E-state index is 13.1. The maximum absolute atomic E-state index is 13.1. The van der Waals surface area contributed by atoms with Gasteiger partial charge in [-0.25, -0.2) is 8.42 Å². The largest absolute Gasteiger partial charge is 0.494 e. The van der Waals surface area contributed by atoms with Crippen molar-refractivity contribution in [3.05, 3.63) is 89.5 Å². The smallest absolute Gasteiger partial charge is 0.264 e. The third-order valence-electron chi connectivity index (χ3n) is 4.78. The average molecular weight is 439 g/mol. The van der Waals surface area contributed by atoms with Gasteiger partial charge in [0, 0.05) is 19.2 Å². The van der Waals surface area contributed by atoms with Gasteiger partial charge in [-0.05, 0) is 67.4 Å². The number of hydrogen-bond donors (Lipinski definition) is 1. The quantitative estimate of drug-likeness (QED) is 0.573. The van der Waals surface area contributed by atoms with Crippen molar-refractivity contribution in [1.29, 1.82) is 0 Å². The van der Waals surface area contributed by atoms with Gasteiger partial charge in [-0.15, -0.1) is 0 Å². The molecule has 0 saturated carbocycles. The number of nitrogens with zero attached hydrogens (tertiary/aromatic N) is 1. The van der Waals surface area contributed by atoms with Crippen molar-refractivity contribution in [2.75, 3.05) is 18.0 Å². The van der Waals surface area contributed by atoms with Crippen LogP contribution >= 0.6 is 0 Å². The number of carbonyl (C=O) groups excluding carboxylic acids is 1. The second-order valence-electron chi connectivity index (χ2n) is 7.10. The van der Waals surface area contributed by atoms with Crippen LogP contribution in [0.15, 0.2) is 77.7 Å². The molecule has 0 aliphatic carbocycles. The number of aryl methyl sites for hydroxylation is 1. The number of benzene rings is 3. The highest BCUT2D eigenvalue weighted by Gasteiger charge is 2.22. The Labute approximate surface area is 183 Å². The zero-order chi connectivity index (χ0) is 22.4. The van der Waals surface area contributed by atoms with Crippen LogP contribution in [0.5, 0.6) is 5.75 Å². The summed E-state index contributed by atoms with van der Waals surface area (Å²) >= 11 is 0. The number of amides is 1. The summed E-state index contributed by atoms with van der Waals surface area (Å²) in [4.78, 5) is 12.7. The molecular weight excluding hydrogens is 412 g/mol. The minimum Gasteiger partial charge on any atom is -0.494 e. The molecule has 3 rings (SSSR count). The molecule has 1 amide bonds. The van der Waals surface area contributed by atoms with E-state index in [2.05, 4.69) is 5.32 Å². The van der Waals surface area contributed by atoms with E-state index in [4.69, 9.17) is 4.74 Å². The van der Waals surface area contributed by atoms with Gasteiger partial charge in [-0.3, -0.25) is 9.10 Å². The summed E-state index contributed by atoms with van der Waals surface area (Å²) in [5, 5.41) is 2.83. The van der Waals surface area contributed by atoms with Crippen LogP contribution in [0.4, 0.5) is 5.69 Å². The molecule has 3 aromatic carbocycles. The molecule has 6 nitrogen and oxygen atoms in total. The number of nitrogens with one attached hydrogen (secondary N) is 1. The van der Waals surface area contributed by atoms with Crippen LogP contribution in [0.1, 0.15) is 28.4 Å². The standard InChI is InChI=1S/C24H26N2O4S/c1-4-30-22-12-6-9-19(15-22)17-25-24(27)20-10-7-13-23(16-20)31(28,29)26(3)21-11-5-8-18(2)14-21/h5-16H,4,17H2,1-3H3,(H,25,27). The molecule has 0 bridgehead atoms. The van der Waals surface area contributed by atoms with Gasteiger partial charge in [0.1, 0.15) is 5.75 Å². The Morgan fingerprint density at radius 3 is 2.48 bits per heavy atom. The second-order valence-corrected chi connectivity index (χ2v) is 9.07. The van der Waals surface area contributed by atoms with E-state index in [0.717, 1.165) is 16.9 Å². The van der Waals surface area contributed by atoms with Crippen LogP contribution in [-0.2, 0) is 16.6 Å².